The van der Waals surface area contributed by atoms with Crippen molar-refractivity contribution in [3.05, 3.63) is 76.1 Å². The van der Waals surface area contributed by atoms with E-state index in [-0.39, 0.29) is 23.2 Å². The first-order valence-electron chi connectivity index (χ1n) is 14.9. The van der Waals surface area contributed by atoms with Crippen LogP contribution in [0.25, 0.3) is 10.4 Å². The molecule has 2 aromatic carbocycles. The van der Waals surface area contributed by atoms with Crippen LogP contribution in [0.15, 0.2) is 60.0 Å². The Morgan fingerprint density at radius 3 is 2.30 bits per heavy atom. The second-order valence-corrected chi connectivity index (χ2v) is 19.5. The van der Waals surface area contributed by atoms with Gasteiger partial charge in [-0.05, 0) is 92.2 Å². The van der Waals surface area contributed by atoms with Gasteiger partial charge in [-0.1, -0.05) is 56.6 Å². The summed E-state index contributed by atoms with van der Waals surface area (Å²) in [5.74, 6) is -0.342. The molecule has 10 heteroatoms. The van der Waals surface area contributed by atoms with Gasteiger partial charge in [-0.25, -0.2) is 9.59 Å². The molecule has 44 heavy (non-hydrogen) atoms. The molecule has 0 radical (unpaired) electrons. The molecule has 0 saturated carbocycles. The molecule has 7 nitrogen and oxygen atoms in total. The molecule has 3 rings (SSSR count). The molecular formula is C34H47ClN2O5SSi. The second kappa shape index (κ2) is 15.0. The van der Waals surface area contributed by atoms with Gasteiger partial charge in [0.05, 0.1) is 25.3 Å². The first-order valence-corrected chi connectivity index (χ1v) is 19.1. The van der Waals surface area contributed by atoms with Crippen LogP contribution < -0.4 is 5.32 Å². The van der Waals surface area contributed by atoms with Gasteiger partial charge in [-0.2, -0.15) is 0 Å². The average Bonchev–Trinajstić information content (AvgIpc) is 3.42. The number of hydrogen-bond donors (Lipinski definition) is 1. The quantitative estimate of drug-likeness (QED) is 0.119. The fourth-order valence-electron chi connectivity index (χ4n) is 4.28. The molecule has 1 heterocycles. The van der Waals surface area contributed by atoms with E-state index < -0.39 is 13.9 Å². The normalized spacial score (nSPS) is 12.9. The van der Waals surface area contributed by atoms with Gasteiger partial charge in [0.25, 0.3) is 0 Å². The minimum absolute atomic E-state index is 0.00950. The molecule has 0 aliphatic heterocycles. The number of carbonyl (C=O) groups is 2. The van der Waals surface area contributed by atoms with E-state index in [2.05, 4.69) is 39.2 Å². The highest BCUT2D eigenvalue weighted by Crippen LogP contribution is 2.40. The molecule has 1 aromatic heterocycles. The van der Waals surface area contributed by atoms with E-state index in [0.717, 1.165) is 21.7 Å². The number of halogens is 1. The van der Waals surface area contributed by atoms with Gasteiger partial charge in [0.15, 0.2) is 8.32 Å². The lowest BCUT2D eigenvalue weighted by atomic mass is 10.1. The molecule has 0 saturated heterocycles. The van der Waals surface area contributed by atoms with Crippen molar-refractivity contribution in [2.24, 2.45) is 0 Å². The van der Waals surface area contributed by atoms with Crippen LogP contribution in [0.4, 0.5) is 10.5 Å². The maximum Gasteiger partial charge on any atom is 0.410 e. The molecule has 240 valence electrons. The van der Waals surface area contributed by atoms with Crippen molar-refractivity contribution < 1.29 is 23.5 Å². The second-order valence-electron chi connectivity index (χ2n) is 13.4. The Morgan fingerprint density at radius 1 is 1.02 bits per heavy atom. The smallest absolute Gasteiger partial charge is 0.410 e. The van der Waals surface area contributed by atoms with Crippen molar-refractivity contribution in [3.8, 4) is 10.4 Å². The van der Waals surface area contributed by atoms with E-state index in [9.17, 15) is 9.59 Å². The molecule has 0 bridgehead atoms. The molecular weight excluding hydrogens is 612 g/mol. The third kappa shape index (κ3) is 10.1. The summed E-state index contributed by atoms with van der Waals surface area (Å²) in [5.41, 5.74) is 2.78. The zero-order valence-corrected chi connectivity index (χ0v) is 30.0. The molecule has 1 amide bonds. The minimum Gasteiger partial charge on any atom is -0.465 e. The summed E-state index contributed by atoms with van der Waals surface area (Å²) >= 11 is 7.89. The Hall–Kier alpha value is -2.85. The number of rotatable bonds is 12. The molecule has 0 aliphatic rings. The van der Waals surface area contributed by atoms with Crippen LogP contribution in [0, 0.1) is 0 Å². The van der Waals surface area contributed by atoms with Crippen molar-refractivity contribution >= 4 is 49.0 Å². The van der Waals surface area contributed by atoms with E-state index >= 15 is 0 Å². The monoisotopic (exact) mass is 658 g/mol. The number of ether oxygens (including phenoxy) is 2. The lowest BCUT2D eigenvalue weighted by molar-refractivity contribution is 0.0155. The van der Waals surface area contributed by atoms with E-state index in [0.29, 0.717) is 36.6 Å². The number of anilines is 1. The first-order chi connectivity index (χ1) is 20.5. The van der Waals surface area contributed by atoms with Gasteiger partial charge in [-0.3, -0.25) is 0 Å². The molecule has 0 spiro atoms. The van der Waals surface area contributed by atoms with Crippen LogP contribution in [0.1, 0.15) is 70.0 Å². The maximum absolute atomic E-state index is 13.4. The molecule has 0 aliphatic carbocycles. The van der Waals surface area contributed by atoms with Gasteiger partial charge in [-0.15, -0.1) is 11.3 Å². The van der Waals surface area contributed by atoms with Crippen LogP contribution >= 0.6 is 22.9 Å². The van der Waals surface area contributed by atoms with Gasteiger partial charge in [0, 0.05) is 28.7 Å². The molecule has 1 N–H and O–H groups in total. The predicted molar refractivity (Wildman–Crippen MR) is 184 cm³/mol. The van der Waals surface area contributed by atoms with Crippen LogP contribution in [-0.4, -0.2) is 57.6 Å². The Morgan fingerprint density at radius 2 is 1.70 bits per heavy atom. The molecule has 0 fully saturated rings. The van der Waals surface area contributed by atoms with Crippen LogP contribution in [0.2, 0.25) is 23.2 Å². The van der Waals surface area contributed by atoms with E-state index in [1.165, 1.54) is 18.4 Å². The zero-order valence-electron chi connectivity index (χ0n) is 27.5. The third-order valence-electron chi connectivity index (χ3n) is 7.65. The summed E-state index contributed by atoms with van der Waals surface area (Å²) in [6.45, 7) is 18.1. The molecule has 3 aromatic rings. The minimum atomic E-state index is -2.19. The average molecular weight is 659 g/mol. The SMILES string of the molecule is COC(=O)c1ccsc1-c1ccc(NCCCN(C[C@@H](O[Si](C)(C)C(C)(C)C)c2cccc(Cl)c2)C(=O)OC(C)(C)C)cc1. The number of benzene rings is 2. The highest BCUT2D eigenvalue weighted by atomic mass is 35.5. The van der Waals surface area contributed by atoms with Gasteiger partial charge < -0.3 is 24.1 Å². The number of thiophene rings is 1. The van der Waals surface area contributed by atoms with Crippen molar-refractivity contribution in [2.45, 2.75) is 77.8 Å². The first kappa shape index (κ1) is 35.6. The van der Waals surface area contributed by atoms with Gasteiger partial charge in [0.1, 0.15) is 5.60 Å². The van der Waals surface area contributed by atoms with Crippen LogP contribution in [-0.2, 0) is 13.9 Å². The summed E-state index contributed by atoms with van der Waals surface area (Å²) in [7, 11) is -0.806. The zero-order chi connectivity index (χ0) is 32.7. The van der Waals surface area contributed by atoms with Crippen molar-refractivity contribution in [3.63, 3.8) is 0 Å². The number of methoxy groups -OCH3 is 1. The lowest BCUT2D eigenvalue weighted by Gasteiger charge is -2.40. The van der Waals surface area contributed by atoms with Crippen molar-refractivity contribution in [1.29, 1.82) is 0 Å². The summed E-state index contributed by atoms with van der Waals surface area (Å²) in [4.78, 5) is 28.2. The van der Waals surface area contributed by atoms with Crippen molar-refractivity contribution in [1.82, 2.24) is 4.90 Å². The van der Waals surface area contributed by atoms with Crippen LogP contribution in [0.3, 0.4) is 0 Å². The number of carbonyl (C=O) groups excluding carboxylic acids is 2. The highest BCUT2D eigenvalue weighted by molar-refractivity contribution is 7.14. The summed E-state index contributed by atoms with van der Waals surface area (Å²) in [6, 6.07) is 17.4. The van der Waals surface area contributed by atoms with E-state index in [1.54, 1.807) is 11.0 Å². The van der Waals surface area contributed by atoms with E-state index in [1.807, 2.05) is 74.7 Å². The Balaban J connectivity index is 1.73. The number of hydrogen-bond acceptors (Lipinski definition) is 7. The standard InChI is InChI=1S/C34H47ClN2O5SSi/c1-33(2,3)41-32(39)37(23-29(25-12-10-13-26(35)22-25)42-44(8,9)34(4,5)6)20-11-19-36-27-16-14-24(15-17-27)30-28(18-21-43-30)31(38)40-7/h10,12-18,21-22,29,36H,11,19-20,23H2,1-9H3/t29-/m1/s1. The number of esters is 1. The topological polar surface area (TPSA) is 77.1 Å². The lowest BCUT2D eigenvalue weighted by Crippen LogP contribution is -2.46. The summed E-state index contributed by atoms with van der Waals surface area (Å²) < 4.78 is 17.6. The number of amides is 1. The predicted octanol–water partition coefficient (Wildman–Crippen LogP) is 9.66. The summed E-state index contributed by atoms with van der Waals surface area (Å²) in [5, 5.41) is 5.96. The van der Waals surface area contributed by atoms with Gasteiger partial charge in [0.2, 0.25) is 0 Å². The number of nitrogens with zero attached hydrogens (tertiary/aromatic N) is 1. The Labute approximate surface area is 273 Å². The molecule has 0 unspecified atom stereocenters. The number of nitrogens with one attached hydrogen (secondary N) is 1. The largest absolute Gasteiger partial charge is 0.465 e. The Bertz CT molecular complexity index is 1400. The maximum atomic E-state index is 13.4. The fourth-order valence-corrected chi connectivity index (χ4v) is 6.64. The van der Waals surface area contributed by atoms with Gasteiger partial charge >= 0.3 is 12.1 Å². The summed E-state index contributed by atoms with van der Waals surface area (Å²) in [6.07, 6.45) is -0.0272. The molecule has 1 atom stereocenters. The Kier molecular flexibility index (Phi) is 12.1. The highest BCUT2D eigenvalue weighted by Gasteiger charge is 2.40. The third-order valence-corrected chi connectivity index (χ3v) is 13.3. The van der Waals surface area contributed by atoms with E-state index in [4.69, 9.17) is 25.5 Å². The van der Waals surface area contributed by atoms with Crippen molar-refractivity contribution in [2.75, 3.05) is 32.1 Å². The fraction of sp³-hybridized carbons (Fsp3) is 0.471. The van der Waals surface area contributed by atoms with Crippen LogP contribution in [0.5, 0.6) is 0 Å².